The number of rotatable bonds is 4. The summed E-state index contributed by atoms with van der Waals surface area (Å²) in [5, 5.41) is 0. The van der Waals surface area contributed by atoms with Crippen molar-refractivity contribution in [3.63, 3.8) is 0 Å². The number of nitrogens with zero attached hydrogens (tertiary/aromatic N) is 1. The van der Waals surface area contributed by atoms with Crippen molar-refractivity contribution in [2.75, 3.05) is 26.7 Å². The quantitative estimate of drug-likeness (QED) is 0.846. The third kappa shape index (κ3) is 3.69. The van der Waals surface area contributed by atoms with Gasteiger partial charge in [-0.05, 0) is 53.0 Å². The van der Waals surface area contributed by atoms with Crippen molar-refractivity contribution in [1.29, 1.82) is 0 Å². The second kappa shape index (κ2) is 6.53. The summed E-state index contributed by atoms with van der Waals surface area (Å²) in [7, 11) is 2.20. The summed E-state index contributed by atoms with van der Waals surface area (Å²) in [6, 6.07) is 0. The Kier molecular flexibility index (Phi) is 5.23. The van der Waals surface area contributed by atoms with E-state index < -0.39 is 0 Å². The minimum atomic E-state index is 0.0812. The first-order chi connectivity index (χ1) is 9.05. The molecule has 0 aromatic rings. The van der Waals surface area contributed by atoms with Crippen molar-refractivity contribution in [3.8, 4) is 0 Å². The lowest BCUT2D eigenvalue weighted by Gasteiger charge is -2.49. The first-order valence-electron chi connectivity index (χ1n) is 7.74. The van der Waals surface area contributed by atoms with E-state index in [4.69, 9.17) is 15.2 Å². The lowest BCUT2D eigenvalue weighted by molar-refractivity contribution is -0.109. The highest BCUT2D eigenvalue weighted by Gasteiger charge is 2.41. The van der Waals surface area contributed by atoms with Crippen LogP contribution in [-0.2, 0) is 9.47 Å². The van der Waals surface area contributed by atoms with Gasteiger partial charge in [-0.2, -0.15) is 0 Å². The van der Waals surface area contributed by atoms with Crippen LogP contribution in [0.5, 0.6) is 0 Å². The average Bonchev–Trinajstić information content (AvgIpc) is 2.38. The smallest absolute Gasteiger partial charge is 0.0702 e. The number of hydrogen-bond donors (Lipinski definition) is 1. The molecule has 2 rings (SSSR count). The van der Waals surface area contributed by atoms with Crippen LogP contribution in [0.25, 0.3) is 0 Å². The molecule has 0 aliphatic carbocycles. The summed E-state index contributed by atoms with van der Waals surface area (Å²) in [5.41, 5.74) is 6.21. The van der Waals surface area contributed by atoms with E-state index in [2.05, 4.69) is 25.8 Å². The van der Waals surface area contributed by atoms with Gasteiger partial charge in [0.15, 0.2) is 0 Å². The van der Waals surface area contributed by atoms with Gasteiger partial charge in [-0.25, -0.2) is 0 Å². The van der Waals surface area contributed by atoms with Crippen LogP contribution < -0.4 is 5.73 Å². The highest BCUT2D eigenvalue weighted by molar-refractivity contribution is 4.97. The molecule has 112 valence electrons. The molecule has 0 aromatic carbocycles. The molecule has 0 radical (unpaired) electrons. The molecule has 0 bridgehead atoms. The maximum atomic E-state index is 6.13. The zero-order valence-electron chi connectivity index (χ0n) is 12.7. The van der Waals surface area contributed by atoms with Crippen LogP contribution in [0, 0.1) is 0 Å². The molecule has 2 N–H and O–H groups in total. The number of ether oxygens (including phenoxy) is 2. The van der Waals surface area contributed by atoms with Gasteiger partial charge in [-0.15, -0.1) is 0 Å². The van der Waals surface area contributed by atoms with Gasteiger partial charge in [0.2, 0.25) is 0 Å². The monoisotopic (exact) mass is 270 g/mol. The molecular weight excluding hydrogens is 240 g/mol. The fourth-order valence-corrected chi connectivity index (χ4v) is 3.73. The standard InChI is InChI=1S/C15H30N2O2/c1-12-8-15(11-16,9-13(2)19-12)17(3)10-14-6-4-5-7-18-14/h12-14H,4-11,16H2,1-3H3. The molecule has 4 nitrogen and oxygen atoms in total. The van der Waals surface area contributed by atoms with Crippen LogP contribution in [0.4, 0.5) is 0 Å². The molecule has 3 unspecified atom stereocenters. The van der Waals surface area contributed by atoms with Crippen molar-refractivity contribution < 1.29 is 9.47 Å². The van der Waals surface area contributed by atoms with Crippen molar-refractivity contribution in [1.82, 2.24) is 4.90 Å². The second-order valence-electron chi connectivity index (χ2n) is 6.46. The third-order valence-electron chi connectivity index (χ3n) is 4.74. The normalized spacial score (nSPS) is 40.6. The number of likely N-dealkylation sites (N-methyl/N-ethyl adjacent to an activating group) is 1. The lowest BCUT2D eigenvalue weighted by Crippen LogP contribution is -2.60. The number of hydrogen-bond acceptors (Lipinski definition) is 4. The molecular formula is C15H30N2O2. The molecule has 0 aromatic heterocycles. The predicted molar refractivity (Wildman–Crippen MR) is 77.2 cm³/mol. The molecule has 0 spiro atoms. The van der Waals surface area contributed by atoms with Crippen LogP contribution in [0.2, 0.25) is 0 Å². The Morgan fingerprint density at radius 1 is 1.21 bits per heavy atom. The van der Waals surface area contributed by atoms with Crippen molar-refractivity contribution in [2.24, 2.45) is 5.73 Å². The van der Waals surface area contributed by atoms with Crippen LogP contribution in [0.15, 0.2) is 0 Å². The lowest BCUT2D eigenvalue weighted by atomic mass is 9.82. The van der Waals surface area contributed by atoms with E-state index in [0.29, 0.717) is 24.9 Å². The second-order valence-corrected chi connectivity index (χ2v) is 6.46. The summed E-state index contributed by atoms with van der Waals surface area (Å²) in [4.78, 5) is 2.44. The Morgan fingerprint density at radius 3 is 2.42 bits per heavy atom. The summed E-state index contributed by atoms with van der Waals surface area (Å²) in [6.45, 7) is 6.94. The van der Waals surface area contributed by atoms with Gasteiger partial charge in [0.1, 0.15) is 0 Å². The molecule has 19 heavy (non-hydrogen) atoms. The van der Waals surface area contributed by atoms with E-state index in [9.17, 15) is 0 Å². The summed E-state index contributed by atoms with van der Waals surface area (Å²) in [5.74, 6) is 0. The Labute approximate surface area is 117 Å². The van der Waals surface area contributed by atoms with Crippen molar-refractivity contribution in [2.45, 2.75) is 69.8 Å². The third-order valence-corrected chi connectivity index (χ3v) is 4.74. The van der Waals surface area contributed by atoms with Crippen LogP contribution in [0.1, 0.15) is 46.0 Å². The average molecular weight is 270 g/mol. The van der Waals surface area contributed by atoms with Crippen LogP contribution in [0.3, 0.4) is 0 Å². The topological polar surface area (TPSA) is 47.7 Å². The highest BCUT2D eigenvalue weighted by atomic mass is 16.5. The van der Waals surface area contributed by atoms with Gasteiger partial charge in [0.05, 0.1) is 18.3 Å². The van der Waals surface area contributed by atoms with Gasteiger partial charge in [0.25, 0.3) is 0 Å². The number of nitrogens with two attached hydrogens (primary N) is 1. The van der Waals surface area contributed by atoms with Gasteiger partial charge in [0, 0.05) is 25.2 Å². The molecule has 2 heterocycles. The van der Waals surface area contributed by atoms with Gasteiger partial charge in [-0.3, -0.25) is 4.90 Å². The minimum absolute atomic E-state index is 0.0812. The van der Waals surface area contributed by atoms with Gasteiger partial charge < -0.3 is 15.2 Å². The molecule has 2 saturated heterocycles. The van der Waals surface area contributed by atoms with E-state index in [-0.39, 0.29) is 5.54 Å². The first kappa shape index (κ1) is 15.2. The maximum absolute atomic E-state index is 6.13. The Morgan fingerprint density at radius 2 is 1.89 bits per heavy atom. The van der Waals surface area contributed by atoms with E-state index in [1.807, 2.05) is 0 Å². The Balaban J connectivity index is 1.98. The van der Waals surface area contributed by atoms with Gasteiger partial charge in [-0.1, -0.05) is 0 Å². The van der Waals surface area contributed by atoms with E-state index in [1.54, 1.807) is 0 Å². The maximum Gasteiger partial charge on any atom is 0.0702 e. The minimum Gasteiger partial charge on any atom is -0.377 e. The zero-order valence-corrected chi connectivity index (χ0v) is 12.7. The molecule has 3 atom stereocenters. The summed E-state index contributed by atoms with van der Waals surface area (Å²) >= 11 is 0. The first-order valence-corrected chi connectivity index (χ1v) is 7.74. The highest BCUT2D eigenvalue weighted by Crippen LogP contribution is 2.33. The van der Waals surface area contributed by atoms with Crippen LogP contribution >= 0.6 is 0 Å². The fraction of sp³-hybridized carbons (Fsp3) is 1.00. The summed E-state index contributed by atoms with van der Waals surface area (Å²) < 4.78 is 11.7. The van der Waals surface area contributed by atoms with Crippen LogP contribution in [-0.4, -0.2) is 55.5 Å². The molecule has 4 heteroatoms. The largest absolute Gasteiger partial charge is 0.377 e. The SMILES string of the molecule is CC1CC(CN)(N(C)CC2CCCCO2)CC(C)O1. The predicted octanol–water partition coefficient (Wildman–Crippen LogP) is 1.77. The molecule has 2 fully saturated rings. The van der Waals surface area contributed by atoms with E-state index >= 15 is 0 Å². The molecule has 0 amide bonds. The van der Waals surface area contributed by atoms with E-state index in [1.165, 1.54) is 19.3 Å². The molecule has 2 aliphatic heterocycles. The van der Waals surface area contributed by atoms with Crippen molar-refractivity contribution >= 4 is 0 Å². The summed E-state index contributed by atoms with van der Waals surface area (Å²) in [6.07, 6.45) is 6.72. The fourth-order valence-electron chi connectivity index (χ4n) is 3.73. The van der Waals surface area contributed by atoms with E-state index in [0.717, 1.165) is 26.0 Å². The molecule has 2 aliphatic rings. The van der Waals surface area contributed by atoms with Gasteiger partial charge >= 0.3 is 0 Å². The Bertz CT molecular complexity index is 269. The zero-order chi connectivity index (χ0) is 13.9. The van der Waals surface area contributed by atoms with Crippen molar-refractivity contribution in [3.05, 3.63) is 0 Å². The molecule has 0 saturated carbocycles. The Hall–Kier alpha value is -0.160.